The van der Waals surface area contributed by atoms with Gasteiger partial charge in [0.25, 0.3) is 0 Å². The normalized spacial score (nSPS) is 15.6. The predicted molar refractivity (Wildman–Crippen MR) is 75.3 cm³/mol. The van der Waals surface area contributed by atoms with Gasteiger partial charge in [-0.15, -0.1) is 0 Å². The Morgan fingerprint density at radius 2 is 2.00 bits per heavy atom. The number of aliphatic carboxylic acids is 1. The highest BCUT2D eigenvalue weighted by molar-refractivity contribution is 5.66. The number of quaternary nitrogens is 1. The minimum atomic E-state index is -0.994. The molecule has 0 amide bonds. The fraction of sp³-hybridized carbons (Fsp3) is 0.800. The first kappa shape index (κ1) is 18.1. The molecule has 19 heavy (non-hydrogen) atoms. The molecule has 4 heteroatoms. The topological polar surface area (TPSA) is 60.4 Å². The summed E-state index contributed by atoms with van der Waals surface area (Å²) >= 11 is 0. The van der Waals surface area contributed by atoms with Crippen LogP contribution in [-0.4, -0.2) is 48.8 Å². The molecule has 4 nitrogen and oxygen atoms in total. The van der Waals surface area contributed by atoms with E-state index in [2.05, 4.69) is 6.08 Å². The van der Waals surface area contributed by atoms with Crippen LogP contribution >= 0.6 is 0 Å². The lowest BCUT2D eigenvalue weighted by Crippen LogP contribution is -2.47. The number of allylic oxidation sites excluding steroid dienone is 2. The SMILES string of the molecule is C/C=C/CCCC(O)C[N+](C)(C)CCC(C)C(=O)[O-]. The van der Waals surface area contributed by atoms with Gasteiger partial charge in [0.1, 0.15) is 12.6 Å². The summed E-state index contributed by atoms with van der Waals surface area (Å²) in [5.74, 6) is -1.42. The van der Waals surface area contributed by atoms with Crippen LogP contribution in [0.25, 0.3) is 0 Å². The summed E-state index contributed by atoms with van der Waals surface area (Å²) in [5, 5.41) is 20.7. The van der Waals surface area contributed by atoms with Gasteiger partial charge in [-0.25, -0.2) is 0 Å². The average Bonchev–Trinajstić information content (AvgIpc) is 2.31. The Hall–Kier alpha value is -0.870. The van der Waals surface area contributed by atoms with Gasteiger partial charge in [0.05, 0.1) is 20.6 Å². The van der Waals surface area contributed by atoms with Gasteiger partial charge in [-0.3, -0.25) is 0 Å². The summed E-state index contributed by atoms with van der Waals surface area (Å²) in [6.07, 6.45) is 7.17. The van der Waals surface area contributed by atoms with Crippen molar-refractivity contribution in [3.63, 3.8) is 0 Å². The van der Waals surface area contributed by atoms with E-state index >= 15 is 0 Å². The third-order valence-electron chi connectivity index (χ3n) is 3.42. The molecule has 0 bridgehead atoms. The summed E-state index contributed by atoms with van der Waals surface area (Å²) in [7, 11) is 4.05. The zero-order valence-electron chi connectivity index (χ0n) is 12.8. The molecular formula is C15H29NO3. The van der Waals surface area contributed by atoms with E-state index in [-0.39, 0.29) is 6.10 Å². The summed E-state index contributed by atoms with van der Waals surface area (Å²) in [5.41, 5.74) is 0. The maximum atomic E-state index is 10.7. The highest BCUT2D eigenvalue weighted by atomic mass is 16.4. The molecule has 0 heterocycles. The quantitative estimate of drug-likeness (QED) is 0.365. The standard InChI is InChI=1S/C15H29NO3/c1-5-6-7-8-9-14(17)12-16(3,4)11-10-13(2)15(18)19/h5-6,13-14,17H,7-12H2,1-4H3/b6-5+. The van der Waals surface area contributed by atoms with Crippen LogP contribution in [0, 0.1) is 5.92 Å². The Bertz CT molecular complexity index is 287. The third kappa shape index (κ3) is 9.68. The second kappa shape index (κ2) is 9.10. The van der Waals surface area contributed by atoms with E-state index in [4.69, 9.17) is 0 Å². The first-order valence-corrected chi connectivity index (χ1v) is 7.10. The molecule has 0 saturated carbocycles. The van der Waals surface area contributed by atoms with Crippen LogP contribution in [0.4, 0.5) is 0 Å². The second-order valence-electron chi connectivity index (χ2n) is 6.00. The van der Waals surface area contributed by atoms with Crippen LogP contribution in [-0.2, 0) is 4.79 Å². The molecule has 2 unspecified atom stereocenters. The van der Waals surface area contributed by atoms with Crippen LogP contribution in [0.15, 0.2) is 12.2 Å². The van der Waals surface area contributed by atoms with Crippen molar-refractivity contribution in [2.45, 2.75) is 45.6 Å². The van der Waals surface area contributed by atoms with E-state index < -0.39 is 11.9 Å². The van der Waals surface area contributed by atoms with Crippen molar-refractivity contribution in [3.8, 4) is 0 Å². The van der Waals surface area contributed by atoms with Crippen molar-refractivity contribution >= 4 is 5.97 Å². The number of likely N-dealkylation sites (N-methyl/N-ethyl adjacent to an activating group) is 1. The number of rotatable bonds is 10. The fourth-order valence-corrected chi connectivity index (χ4v) is 2.05. The van der Waals surface area contributed by atoms with Gasteiger partial charge < -0.3 is 19.5 Å². The van der Waals surface area contributed by atoms with Crippen LogP contribution in [0.3, 0.4) is 0 Å². The maximum absolute atomic E-state index is 10.7. The number of carboxylic acid groups (broad SMARTS) is 1. The molecule has 112 valence electrons. The summed E-state index contributed by atoms with van der Waals surface area (Å²) in [4.78, 5) is 10.7. The Morgan fingerprint density at radius 3 is 2.53 bits per heavy atom. The first-order valence-electron chi connectivity index (χ1n) is 7.10. The van der Waals surface area contributed by atoms with E-state index in [0.717, 1.165) is 25.8 Å². The second-order valence-corrected chi connectivity index (χ2v) is 6.00. The van der Waals surface area contributed by atoms with Crippen LogP contribution in [0.2, 0.25) is 0 Å². The zero-order chi connectivity index (χ0) is 14.9. The number of aliphatic hydroxyl groups is 1. The van der Waals surface area contributed by atoms with Crippen molar-refractivity contribution < 1.29 is 19.5 Å². The van der Waals surface area contributed by atoms with Crippen LogP contribution < -0.4 is 5.11 Å². The molecule has 1 N–H and O–H groups in total. The van der Waals surface area contributed by atoms with E-state index in [9.17, 15) is 15.0 Å². The molecule has 0 aliphatic heterocycles. The monoisotopic (exact) mass is 271 g/mol. The molecule has 2 atom stereocenters. The number of hydrogen-bond donors (Lipinski definition) is 1. The number of carbonyl (C=O) groups excluding carboxylic acids is 1. The largest absolute Gasteiger partial charge is 0.550 e. The molecule has 0 saturated heterocycles. The van der Waals surface area contributed by atoms with Gasteiger partial charge in [0.15, 0.2) is 0 Å². The Labute approximate surface area is 117 Å². The van der Waals surface area contributed by atoms with Crippen LogP contribution in [0.1, 0.15) is 39.5 Å². The Morgan fingerprint density at radius 1 is 1.37 bits per heavy atom. The lowest BCUT2D eigenvalue weighted by Gasteiger charge is -2.33. The van der Waals surface area contributed by atoms with Crippen molar-refractivity contribution in [2.75, 3.05) is 27.2 Å². The zero-order valence-corrected chi connectivity index (χ0v) is 12.8. The molecule has 0 aromatic carbocycles. The molecule has 0 rings (SSSR count). The molecule has 0 radical (unpaired) electrons. The highest BCUT2D eigenvalue weighted by Crippen LogP contribution is 2.10. The summed E-state index contributed by atoms with van der Waals surface area (Å²) in [6.45, 7) is 5.06. The molecule has 0 aliphatic carbocycles. The number of carboxylic acids is 1. The molecular weight excluding hydrogens is 242 g/mol. The van der Waals surface area contributed by atoms with E-state index in [1.54, 1.807) is 6.92 Å². The smallest absolute Gasteiger partial charge is 0.105 e. The summed E-state index contributed by atoms with van der Waals surface area (Å²) in [6, 6.07) is 0. The minimum absolute atomic E-state index is 0.321. The van der Waals surface area contributed by atoms with Gasteiger partial charge >= 0.3 is 0 Å². The Kier molecular flexibility index (Phi) is 8.68. The predicted octanol–water partition coefficient (Wildman–Crippen LogP) is 0.946. The number of unbranched alkanes of at least 4 members (excludes halogenated alkanes) is 1. The van der Waals surface area contributed by atoms with Gasteiger partial charge in [-0.1, -0.05) is 19.1 Å². The molecule has 0 fully saturated rings. The fourth-order valence-electron chi connectivity index (χ4n) is 2.05. The van der Waals surface area contributed by atoms with Gasteiger partial charge in [-0.05, 0) is 26.2 Å². The average molecular weight is 271 g/mol. The third-order valence-corrected chi connectivity index (χ3v) is 3.42. The number of carbonyl (C=O) groups is 1. The van der Waals surface area contributed by atoms with Crippen molar-refractivity contribution in [3.05, 3.63) is 12.2 Å². The Balaban J connectivity index is 3.96. The van der Waals surface area contributed by atoms with Crippen LogP contribution in [0.5, 0.6) is 0 Å². The molecule has 0 aliphatic rings. The summed E-state index contributed by atoms with van der Waals surface area (Å²) < 4.78 is 0.641. The van der Waals surface area contributed by atoms with Crippen molar-refractivity contribution in [1.82, 2.24) is 0 Å². The lowest BCUT2D eigenvalue weighted by molar-refractivity contribution is -0.893. The first-order chi connectivity index (χ1) is 8.78. The highest BCUT2D eigenvalue weighted by Gasteiger charge is 2.21. The lowest BCUT2D eigenvalue weighted by atomic mass is 10.1. The van der Waals surface area contributed by atoms with Crippen molar-refractivity contribution in [1.29, 1.82) is 0 Å². The van der Waals surface area contributed by atoms with Gasteiger partial charge in [0.2, 0.25) is 0 Å². The number of nitrogens with zero attached hydrogens (tertiary/aromatic N) is 1. The van der Waals surface area contributed by atoms with Gasteiger partial charge in [-0.2, -0.15) is 0 Å². The van der Waals surface area contributed by atoms with E-state index in [1.807, 2.05) is 27.1 Å². The molecule has 0 aromatic heterocycles. The van der Waals surface area contributed by atoms with Crippen molar-refractivity contribution in [2.24, 2.45) is 5.92 Å². The van der Waals surface area contributed by atoms with Gasteiger partial charge in [0, 0.05) is 18.3 Å². The number of aliphatic hydroxyl groups excluding tert-OH is 1. The van der Waals surface area contributed by atoms with E-state index in [1.165, 1.54) is 0 Å². The molecule has 0 aromatic rings. The van der Waals surface area contributed by atoms with E-state index in [0.29, 0.717) is 17.4 Å². The molecule has 0 spiro atoms. The maximum Gasteiger partial charge on any atom is 0.105 e. The minimum Gasteiger partial charge on any atom is -0.550 e. The number of hydrogen-bond acceptors (Lipinski definition) is 3.